The van der Waals surface area contributed by atoms with Crippen molar-refractivity contribution in [1.82, 2.24) is 5.32 Å². The number of anilines is 1. The Labute approximate surface area is 138 Å². The fourth-order valence-corrected chi connectivity index (χ4v) is 2.15. The Morgan fingerprint density at radius 1 is 1.42 bits per heavy atom. The van der Waals surface area contributed by atoms with Gasteiger partial charge >= 0.3 is 6.03 Å². The summed E-state index contributed by atoms with van der Waals surface area (Å²) in [5.41, 5.74) is 0.377. The highest BCUT2D eigenvalue weighted by atomic mass is 19.1. The maximum absolute atomic E-state index is 13.4. The van der Waals surface area contributed by atoms with Crippen LogP contribution in [0.25, 0.3) is 0 Å². The number of aliphatic hydroxyl groups excluding tert-OH is 1. The van der Waals surface area contributed by atoms with Gasteiger partial charge in [0, 0.05) is 6.07 Å². The van der Waals surface area contributed by atoms with Crippen molar-refractivity contribution in [2.75, 3.05) is 18.5 Å². The number of rotatable bonds is 7. The Bertz CT molecular complexity index is 686. The number of hydrogen-bond donors (Lipinski definition) is 3. The molecule has 1 saturated carbocycles. The number of furan rings is 1. The van der Waals surface area contributed by atoms with E-state index in [1.165, 1.54) is 24.5 Å². The molecule has 0 radical (unpaired) electrons. The van der Waals surface area contributed by atoms with E-state index in [0.29, 0.717) is 29.7 Å². The molecule has 2 aromatic rings. The second kappa shape index (κ2) is 7.35. The zero-order chi connectivity index (χ0) is 16.9. The molecular weight excluding hydrogens is 315 g/mol. The minimum absolute atomic E-state index is 0.0151. The van der Waals surface area contributed by atoms with Crippen molar-refractivity contribution in [3.63, 3.8) is 0 Å². The van der Waals surface area contributed by atoms with Gasteiger partial charge < -0.3 is 24.9 Å². The SMILES string of the molecule is O=C(NCC(O)c1ccco1)Nc1ccc(F)cc1OCC1CC1. The first-order valence-corrected chi connectivity index (χ1v) is 7.80. The third-order valence-electron chi connectivity index (χ3n) is 3.69. The smallest absolute Gasteiger partial charge is 0.319 e. The van der Waals surface area contributed by atoms with E-state index < -0.39 is 18.0 Å². The van der Waals surface area contributed by atoms with Crippen molar-refractivity contribution < 1.29 is 23.4 Å². The van der Waals surface area contributed by atoms with Crippen molar-refractivity contribution >= 4 is 11.7 Å². The predicted octanol–water partition coefficient (Wildman–Crippen LogP) is 3.06. The summed E-state index contributed by atoms with van der Waals surface area (Å²) in [6, 6.07) is 6.69. The Hall–Kier alpha value is -2.54. The van der Waals surface area contributed by atoms with E-state index in [1.807, 2.05) is 0 Å². The lowest BCUT2D eigenvalue weighted by Gasteiger charge is -2.14. The molecule has 0 saturated heterocycles. The number of ether oxygens (including phenoxy) is 1. The molecule has 1 aromatic carbocycles. The van der Waals surface area contributed by atoms with Crippen LogP contribution in [0, 0.1) is 11.7 Å². The third kappa shape index (κ3) is 4.48. The van der Waals surface area contributed by atoms with E-state index in [0.717, 1.165) is 12.8 Å². The number of amides is 2. The lowest BCUT2D eigenvalue weighted by molar-refractivity contribution is 0.149. The van der Waals surface area contributed by atoms with Crippen LogP contribution in [0.4, 0.5) is 14.9 Å². The molecule has 0 spiro atoms. The molecule has 7 heteroatoms. The molecule has 2 amide bonds. The molecule has 1 unspecified atom stereocenters. The number of carbonyl (C=O) groups is 1. The maximum atomic E-state index is 13.4. The number of aliphatic hydroxyl groups is 1. The van der Waals surface area contributed by atoms with Crippen molar-refractivity contribution in [1.29, 1.82) is 0 Å². The average Bonchev–Trinajstić information content (AvgIpc) is 3.23. The molecule has 3 N–H and O–H groups in total. The molecule has 24 heavy (non-hydrogen) atoms. The summed E-state index contributed by atoms with van der Waals surface area (Å²) in [5, 5.41) is 15.0. The number of carbonyl (C=O) groups excluding carboxylic acids is 1. The van der Waals surface area contributed by atoms with Gasteiger partial charge in [-0.25, -0.2) is 9.18 Å². The van der Waals surface area contributed by atoms with Crippen molar-refractivity contribution in [3.05, 3.63) is 48.2 Å². The van der Waals surface area contributed by atoms with Gasteiger partial charge in [0.25, 0.3) is 0 Å². The average molecular weight is 334 g/mol. The molecule has 0 bridgehead atoms. The molecule has 6 nitrogen and oxygen atoms in total. The third-order valence-corrected chi connectivity index (χ3v) is 3.69. The van der Waals surface area contributed by atoms with Gasteiger partial charge in [0.2, 0.25) is 0 Å². The fourth-order valence-electron chi connectivity index (χ4n) is 2.15. The van der Waals surface area contributed by atoms with Gasteiger partial charge in [-0.3, -0.25) is 0 Å². The first-order valence-electron chi connectivity index (χ1n) is 7.80. The van der Waals surface area contributed by atoms with Crippen molar-refractivity contribution in [2.24, 2.45) is 5.92 Å². The quantitative estimate of drug-likeness (QED) is 0.727. The summed E-state index contributed by atoms with van der Waals surface area (Å²) >= 11 is 0. The van der Waals surface area contributed by atoms with E-state index >= 15 is 0 Å². The minimum atomic E-state index is -0.940. The molecule has 1 heterocycles. The van der Waals surface area contributed by atoms with E-state index in [9.17, 15) is 14.3 Å². The molecule has 1 aliphatic carbocycles. The van der Waals surface area contributed by atoms with E-state index in [2.05, 4.69) is 10.6 Å². The summed E-state index contributed by atoms with van der Waals surface area (Å²) in [5.74, 6) is 0.743. The van der Waals surface area contributed by atoms with Crippen LogP contribution in [-0.4, -0.2) is 24.3 Å². The highest BCUT2D eigenvalue weighted by Gasteiger charge is 2.22. The Morgan fingerprint density at radius 3 is 2.96 bits per heavy atom. The molecule has 0 aliphatic heterocycles. The molecule has 128 valence electrons. The zero-order valence-corrected chi connectivity index (χ0v) is 13.0. The van der Waals surface area contributed by atoms with Gasteiger partial charge in [-0.15, -0.1) is 0 Å². The number of nitrogens with one attached hydrogen (secondary N) is 2. The number of hydrogen-bond acceptors (Lipinski definition) is 4. The molecule has 1 atom stereocenters. The van der Waals surface area contributed by atoms with Crippen LogP contribution >= 0.6 is 0 Å². The van der Waals surface area contributed by atoms with Gasteiger partial charge in [-0.1, -0.05) is 0 Å². The normalized spacial score (nSPS) is 14.9. The Kier molecular flexibility index (Phi) is 5.00. The van der Waals surface area contributed by atoms with Crippen LogP contribution in [0.1, 0.15) is 24.7 Å². The minimum Gasteiger partial charge on any atom is -0.491 e. The largest absolute Gasteiger partial charge is 0.491 e. The van der Waals surface area contributed by atoms with Gasteiger partial charge in [0.05, 0.1) is 25.1 Å². The van der Waals surface area contributed by atoms with Crippen LogP contribution < -0.4 is 15.4 Å². The second-order valence-electron chi connectivity index (χ2n) is 5.76. The molecule has 1 aliphatic rings. The standard InChI is InChI=1S/C17H19FN2O4/c18-12-5-6-13(16(8-12)24-10-11-3-4-11)20-17(22)19-9-14(21)15-2-1-7-23-15/h1-2,5-8,11,14,21H,3-4,9-10H2,(H2,19,20,22). The summed E-state index contributed by atoms with van der Waals surface area (Å²) in [4.78, 5) is 12.0. The van der Waals surface area contributed by atoms with Crippen molar-refractivity contribution in [2.45, 2.75) is 18.9 Å². The number of benzene rings is 1. The van der Waals surface area contributed by atoms with E-state index in [1.54, 1.807) is 12.1 Å². The lowest BCUT2D eigenvalue weighted by atomic mass is 10.2. The maximum Gasteiger partial charge on any atom is 0.319 e. The summed E-state index contributed by atoms with van der Waals surface area (Å²) in [6.45, 7) is 0.496. The van der Waals surface area contributed by atoms with Gasteiger partial charge in [0.15, 0.2) is 0 Å². The summed E-state index contributed by atoms with van der Waals surface area (Å²) in [7, 11) is 0. The topological polar surface area (TPSA) is 83.7 Å². The van der Waals surface area contributed by atoms with Crippen LogP contribution in [0.2, 0.25) is 0 Å². The zero-order valence-electron chi connectivity index (χ0n) is 13.0. The first-order chi connectivity index (χ1) is 11.6. The number of urea groups is 1. The Morgan fingerprint density at radius 2 is 2.25 bits per heavy atom. The van der Waals surface area contributed by atoms with E-state index in [4.69, 9.17) is 9.15 Å². The van der Waals surface area contributed by atoms with Crippen LogP contribution in [0.3, 0.4) is 0 Å². The van der Waals surface area contributed by atoms with E-state index in [-0.39, 0.29) is 6.54 Å². The lowest BCUT2D eigenvalue weighted by Crippen LogP contribution is -2.32. The fraction of sp³-hybridized carbons (Fsp3) is 0.353. The van der Waals surface area contributed by atoms with Crippen LogP contribution in [0.5, 0.6) is 5.75 Å². The van der Waals surface area contributed by atoms with Crippen LogP contribution in [0.15, 0.2) is 41.0 Å². The Balaban J connectivity index is 1.54. The van der Waals surface area contributed by atoms with Gasteiger partial charge in [0.1, 0.15) is 23.4 Å². The molecule has 1 fully saturated rings. The predicted molar refractivity (Wildman–Crippen MR) is 85.3 cm³/mol. The monoisotopic (exact) mass is 334 g/mol. The first kappa shape index (κ1) is 16.3. The van der Waals surface area contributed by atoms with Crippen LogP contribution in [-0.2, 0) is 0 Å². The molecular formula is C17H19FN2O4. The summed E-state index contributed by atoms with van der Waals surface area (Å²) in [6.07, 6.45) is 2.73. The highest BCUT2D eigenvalue weighted by Crippen LogP contribution is 2.32. The summed E-state index contributed by atoms with van der Waals surface area (Å²) < 4.78 is 24.0. The van der Waals surface area contributed by atoms with Gasteiger partial charge in [-0.05, 0) is 43.0 Å². The number of halogens is 1. The highest BCUT2D eigenvalue weighted by molar-refractivity contribution is 5.90. The molecule has 1 aromatic heterocycles. The van der Waals surface area contributed by atoms with Gasteiger partial charge in [-0.2, -0.15) is 0 Å². The van der Waals surface area contributed by atoms with Crippen molar-refractivity contribution in [3.8, 4) is 5.75 Å². The second-order valence-corrected chi connectivity index (χ2v) is 5.76. The molecule has 3 rings (SSSR count).